The van der Waals surface area contributed by atoms with Crippen LogP contribution in [-0.4, -0.2) is 13.1 Å². The van der Waals surface area contributed by atoms with Gasteiger partial charge in [-0.15, -0.1) is 0 Å². The lowest BCUT2D eigenvalue weighted by molar-refractivity contribution is -0.692. The number of aryl methyl sites for hydroxylation is 4. The van der Waals surface area contributed by atoms with Gasteiger partial charge in [-0.2, -0.15) is 0 Å². The van der Waals surface area contributed by atoms with E-state index in [1.165, 1.54) is 194 Å². The van der Waals surface area contributed by atoms with Gasteiger partial charge in [-0.05, 0) is 195 Å². The predicted octanol–water partition coefficient (Wildman–Crippen LogP) is 17.9. The third kappa shape index (κ3) is 7.75. The molecule has 12 nitrogen and oxygen atoms in total. The van der Waals surface area contributed by atoms with Crippen LogP contribution < -0.4 is 27.4 Å². The van der Waals surface area contributed by atoms with Gasteiger partial charge in [0, 0.05) is 107 Å². The van der Waals surface area contributed by atoms with Crippen molar-refractivity contribution < 1.29 is 27.4 Å². The molecule has 6 heterocycles. The lowest BCUT2D eigenvalue weighted by Crippen LogP contribution is -2.34. The third-order valence-electron chi connectivity index (χ3n) is 20.7. The van der Waals surface area contributed by atoms with Gasteiger partial charge in [0.1, 0.15) is 27.2 Å². The van der Waals surface area contributed by atoms with Crippen molar-refractivity contribution in [1.82, 2.24) is 0 Å². The summed E-state index contributed by atoms with van der Waals surface area (Å²) in [6.45, 7) is 8.52. The summed E-state index contributed by atoms with van der Waals surface area (Å²) < 4.78 is 13.1. The van der Waals surface area contributed by atoms with E-state index in [2.05, 4.69) is 295 Å². The van der Waals surface area contributed by atoms with E-state index in [9.17, 15) is 0 Å². The molecule has 15 aromatic carbocycles. The number of benzene rings is 15. The van der Waals surface area contributed by atoms with E-state index in [4.69, 9.17) is 11.1 Å². The summed E-state index contributed by atoms with van der Waals surface area (Å²) in [6, 6.07) is 54.7. The molecule has 0 saturated carbocycles. The summed E-state index contributed by atoms with van der Waals surface area (Å²) in [5.74, 6) is 0. The first-order valence-electron chi connectivity index (χ1n) is 32.5. The van der Waals surface area contributed by atoms with Gasteiger partial charge >= 0.3 is 0 Å². The fraction of sp³-hybridized carbons (Fsp3) is 0.122. The molecule has 0 aliphatic heterocycles. The van der Waals surface area contributed by atoms with Gasteiger partial charge in [0.25, 0.3) is 0 Å². The summed E-state index contributed by atoms with van der Waals surface area (Å²) in [7, 11) is 4.20. The number of hydrogen-bond acceptors (Lipinski definition) is 2. The molecule has 0 radical (unpaired) electrons. The summed E-state index contributed by atoms with van der Waals surface area (Å²) in [4.78, 5) is 5.75. The number of pyridine rings is 6. The highest BCUT2D eigenvalue weighted by molar-refractivity contribution is 6.42. The fourth-order valence-corrected chi connectivity index (χ4v) is 16.8. The highest BCUT2D eigenvalue weighted by Gasteiger charge is 2.25. The quantitative estimate of drug-likeness (QED) is 0.0359. The molecular weight excluding hydrogens is 1150 g/mol. The Morgan fingerprint density at radius 2 is 0.415 bits per heavy atom. The molecule has 0 aliphatic rings. The molecule has 0 fully saturated rings. The minimum Gasteiger partial charge on any atom is -0.207 e. The van der Waals surface area contributed by atoms with Gasteiger partial charge in [0.2, 0.25) is 0 Å². The SMILES string of the molecule is CC[n+]1cc2ccc3c4ccc5c[n+](CC)cc6ccc(c7ccc(c1)c2c37)c4c56.C[n+]1cc2ccc3c4ccc5c[n+](C)cc6ccc(c7ccc(c1)c2c37)c4c56.[N-]=[N+]=NCC[n+]1cc2ccc3c4ccc5c[n+](CCN=[N+]=[N-])cc6ccc(c7ccc(c1)c2c37)c4c56. The third-order valence-corrected chi connectivity index (χ3v) is 20.7. The summed E-state index contributed by atoms with van der Waals surface area (Å²) in [6.07, 6.45) is 26.6. The van der Waals surface area contributed by atoms with Crippen molar-refractivity contribution in [2.24, 2.45) is 24.3 Å². The molecule has 6 aromatic heterocycles. The molecular formula is C82H60N12+6. The van der Waals surface area contributed by atoms with Gasteiger partial charge < -0.3 is 0 Å². The van der Waals surface area contributed by atoms with Crippen LogP contribution in [0.3, 0.4) is 0 Å². The second kappa shape index (κ2) is 20.3. The van der Waals surface area contributed by atoms with Crippen LogP contribution in [0, 0.1) is 0 Å². The van der Waals surface area contributed by atoms with E-state index in [0.29, 0.717) is 26.2 Å². The Kier molecular flexibility index (Phi) is 11.6. The Morgan fingerprint density at radius 3 is 0.585 bits per heavy atom. The zero-order chi connectivity index (χ0) is 62.8. The van der Waals surface area contributed by atoms with Crippen LogP contribution in [0.5, 0.6) is 0 Å². The van der Waals surface area contributed by atoms with E-state index in [1.807, 2.05) is 0 Å². The van der Waals surface area contributed by atoms with Crippen molar-refractivity contribution in [3.63, 3.8) is 0 Å². The summed E-state index contributed by atoms with van der Waals surface area (Å²) in [5.41, 5.74) is 17.2. The lowest BCUT2D eigenvalue weighted by Gasteiger charge is -2.17. The van der Waals surface area contributed by atoms with Crippen molar-refractivity contribution in [2.75, 3.05) is 13.1 Å². The van der Waals surface area contributed by atoms with Crippen LogP contribution in [0.15, 0.2) is 230 Å². The van der Waals surface area contributed by atoms with Gasteiger partial charge in [-0.3, -0.25) is 0 Å². The second-order valence-electron chi connectivity index (χ2n) is 25.9. The first-order chi connectivity index (χ1) is 46.2. The Hall–Kier alpha value is -11.9. The van der Waals surface area contributed by atoms with Gasteiger partial charge in [0.15, 0.2) is 87.5 Å². The van der Waals surface area contributed by atoms with Gasteiger partial charge in [0.05, 0.1) is 13.1 Å². The molecule has 21 aromatic rings. The van der Waals surface area contributed by atoms with Crippen molar-refractivity contribution in [3.8, 4) is 0 Å². The van der Waals surface area contributed by atoms with E-state index in [-0.39, 0.29) is 0 Å². The Morgan fingerprint density at radius 1 is 0.245 bits per heavy atom. The van der Waals surface area contributed by atoms with Crippen LogP contribution >= 0.6 is 0 Å². The minimum absolute atomic E-state index is 0.426. The number of rotatable bonds is 8. The maximum absolute atomic E-state index is 8.62. The molecule has 12 heteroatoms. The molecule has 94 heavy (non-hydrogen) atoms. The van der Waals surface area contributed by atoms with Crippen molar-refractivity contribution >= 4 is 194 Å². The number of nitrogens with zero attached hydrogens (tertiary/aromatic N) is 12. The van der Waals surface area contributed by atoms with Crippen molar-refractivity contribution in [1.29, 1.82) is 0 Å². The standard InChI is InChI=1S/C28H20N8.C28H22N2.C26H18N2/c29-33-31-9-11-35-13-17-1-5-21-22-6-3-19-15-36(12-10-32-34-30)16-20-4-8-24(28(22)26(19)20)23-7-2-18(14-35)25(17)27(21)23;1-3-29-13-17-5-9-21-23-11-7-19-15-30(4-2)16-20-8-12-24(28(23)26(19)20)22-10-6-18(14-29)25(17)27(21)22;1-27-11-15-3-7-19-21-9-5-17-13-28(2)14-18-6-10-22(26(21)24(17)18)20-8-4-16(12-27)23(15)25(19)20/h1-8,13-16H,9-12H2;5-16H,3-4H2,1-2H3;3-14H,1-2H3/q3*+2. The zero-order valence-corrected chi connectivity index (χ0v) is 52.4. The predicted molar refractivity (Wildman–Crippen MR) is 384 cm³/mol. The van der Waals surface area contributed by atoms with E-state index < -0.39 is 0 Å². The highest BCUT2D eigenvalue weighted by Crippen LogP contribution is 2.48. The van der Waals surface area contributed by atoms with Crippen LogP contribution in [0.4, 0.5) is 0 Å². The van der Waals surface area contributed by atoms with E-state index in [1.54, 1.807) is 0 Å². The van der Waals surface area contributed by atoms with Crippen molar-refractivity contribution in [2.45, 2.75) is 40.0 Å². The van der Waals surface area contributed by atoms with Crippen LogP contribution in [0.1, 0.15) is 13.8 Å². The maximum Gasteiger partial charge on any atom is 0.176 e. The molecule has 0 saturated heterocycles. The fourth-order valence-electron chi connectivity index (χ4n) is 16.8. The summed E-state index contributed by atoms with van der Waals surface area (Å²) in [5, 5.41) is 54.8. The van der Waals surface area contributed by atoms with Gasteiger partial charge in [-0.25, -0.2) is 27.4 Å². The first kappa shape index (κ1) is 53.9. The maximum atomic E-state index is 8.62. The molecule has 0 atom stereocenters. The molecule has 0 amide bonds. The monoisotopic (exact) mass is 1210 g/mol. The first-order valence-corrected chi connectivity index (χ1v) is 32.5. The second-order valence-corrected chi connectivity index (χ2v) is 25.9. The average Bonchev–Trinajstić information content (AvgIpc) is 0.715. The van der Waals surface area contributed by atoms with Crippen LogP contribution in [0.2, 0.25) is 0 Å². The topological polar surface area (TPSA) is 121 Å². The lowest BCUT2D eigenvalue weighted by atomic mass is 9.86. The molecule has 0 aliphatic carbocycles. The summed E-state index contributed by atoms with van der Waals surface area (Å²) >= 11 is 0. The van der Waals surface area contributed by atoms with Gasteiger partial charge in [-0.1, -0.05) is 83.0 Å². The average molecular weight is 1210 g/mol. The minimum atomic E-state index is 0.426. The van der Waals surface area contributed by atoms with Crippen LogP contribution in [-0.2, 0) is 40.3 Å². The van der Waals surface area contributed by atoms with E-state index in [0.717, 1.165) is 13.1 Å². The molecule has 0 bridgehead atoms. The van der Waals surface area contributed by atoms with E-state index >= 15 is 0 Å². The highest BCUT2D eigenvalue weighted by atomic mass is 15.1. The Balaban J connectivity index is 0.000000101. The molecule has 0 N–H and O–H groups in total. The normalized spacial score (nSPS) is 12.3. The number of fused-ring (bicyclic) bond motifs is 6. The van der Waals surface area contributed by atoms with Crippen molar-refractivity contribution in [3.05, 3.63) is 241 Å². The Labute approximate surface area is 536 Å². The molecule has 0 spiro atoms. The molecule has 442 valence electrons. The zero-order valence-electron chi connectivity index (χ0n) is 52.4. The number of aromatic nitrogens is 6. The largest absolute Gasteiger partial charge is 0.207 e. The van der Waals surface area contributed by atoms with Crippen LogP contribution in [0.25, 0.3) is 215 Å². The number of azide groups is 2. The smallest absolute Gasteiger partial charge is 0.176 e. The Bertz CT molecular complexity index is 6110. The number of hydrogen-bond donors (Lipinski definition) is 0. The molecule has 21 rings (SSSR count). The molecule has 0 unspecified atom stereocenters.